The van der Waals surface area contributed by atoms with Crippen molar-refractivity contribution in [1.29, 1.82) is 0 Å². The van der Waals surface area contributed by atoms with Gasteiger partial charge in [0, 0.05) is 18.5 Å². The maximum Gasteiger partial charge on any atom is 0.293 e. The molecule has 0 bridgehead atoms. The Morgan fingerprint density at radius 2 is 1.81 bits per heavy atom. The van der Waals surface area contributed by atoms with Gasteiger partial charge in [-0.1, -0.05) is 30.3 Å². The summed E-state index contributed by atoms with van der Waals surface area (Å²) in [5.74, 6) is -1.22. The Hall–Kier alpha value is -3.79. The summed E-state index contributed by atoms with van der Waals surface area (Å²) in [6, 6.07) is 12.4. The highest BCUT2D eigenvalue weighted by Crippen LogP contribution is 2.31. The zero-order chi connectivity index (χ0) is 22.7. The Kier molecular flexibility index (Phi) is 6.13. The fourth-order valence-corrected chi connectivity index (χ4v) is 4.10. The molecule has 32 heavy (non-hydrogen) atoms. The Morgan fingerprint density at radius 3 is 2.56 bits per heavy atom. The minimum Gasteiger partial charge on any atom is -0.354 e. The Bertz CT molecular complexity index is 1300. The van der Waals surface area contributed by atoms with Gasteiger partial charge in [-0.25, -0.2) is 9.49 Å². The molecule has 3 amide bonds. The van der Waals surface area contributed by atoms with Crippen LogP contribution in [0.2, 0.25) is 0 Å². The molecule has 1 aromatic heterocycles. The largest absolute Gasteiger partial charge is 0.354 e. The number of carbonyl (C=O) groups excluding carboxylic acids is 3. The van der Waals surface area contributed by atoms with Gasteiger partial charge in [-0.3, -0.25) is 24.1 Å². The minimum absolute atomic E-state index is 0.0109. The van der Waals surface area contributed by atoms with Crippen molar-refractivity contribution in [3.63, 3.8) is 0 Å². The van der Waals surface area contributed by atoms with Crippen LogP contribution in [0.4, 0.5) is 9.18 Å². The van der Waals surface area contributed by atoms with Crippen molar-refractivity contribution in [2.24, 2.45) is 0 Å². The number of aromatic nitrogens is 2. The summed E-state index contributed by atoms with van der Waals surface area (Å²) in [5.41, 5.74) is 0.690. The van der Waals surface area contributed by atoms with Gasteiger partial charge in [-0.05, 0) is 41.6 Å². The molecule has 0 aliphatic carbocycles. The number of aromatic amines is 1. The third-order valence-electron chi connectivity index (χ3n) is 4.80. The van der Waals surface area contributed by atoms with Crippen LogP contribution < -0.4 is 10.9 Å². The molecule has 0 unspecified atom stereocenters. The van der Waals surface area contributed by atoms with E-state index in [1.165, 1.54) is 30.3 Å². The van der Waals surface area contributed by atoms with Crippen LogP contribution >= 0.6 is 11.8 Å². The molecule has 0 saturated carbocycles. The number of nitrogens with zero attached hydrogens (tertiary/aromatic N) is 2. The van der Waals surface area contributed by atoms with E-state index < -0.39 is 17.0 Å². The van der Waals surface area contributed by atoms with E-state index in [-0.39, 0.29) is 35.9 Å². The van der Waals surface area contributed by atoms with E-state index >= 15 is 0 Å². The van der Waals surface area contributed by atoms with Crippen molar-refractivity contribution in [3.8, 4) is 0 Å². The number of hydrogen-bond acceptors (Lipinski definition) is 6. The monoisotopic (exact) mass is 452 g/mol. The molecule has 0 spiro atoms. The van der Waals surface area contributed by atoms with Gasteiger partial charge in [-0.2, -0.15) is 5.10 Å². The number of imide groups is 1. The van der Waals surface area contributed by atoms with Gasteiger partial charge in [0.05, 0.1) is 22.4 Å². The maximum absolute atomic E-state index is 13.0. The van der Waals surface area contributed by atoms with E-state index in [1.807, 2.05) is 0 Å². The molecule has 1 aliphatic heterocycles. The van der Waals surface area contributed by atoms with Crippen molar-refractivity contribution in [1.82, 2.24) is 20.4 Å². The van der Waals surface area contributed by atoms with Crippen molar-refractivity contribution < 1.29 is 18.8 Å². The van der Waals surface area contributed by atoms with Gasteiger partial charge in [0.1, 0.15) is 5.82 Å². The summed E-state index contributed by atoms with van der Waals surface area (Å²) in [6.45, 7) is 0.0823. The molecule has 8 nitrogen and oxygen atoms in total. The lowest BCUT2D eigenvalue weighted by atomic mass is 10.1. The molecular weight excluding hydrogens is 435 g/mol. The number of amides is 3. The van der Waals surface area contributed by atoms with Crippen LogP contribution in [-0.2, 0) is 16.0 Å². The summed E-state index contributed by atoms with van der Waals surface area (Å²) in [4.78, 5) is 50.2. The number of rotatable bonds is 6. The van der Waals surface area contributed by atoms with Crippen molar-refractivity contribution >= 4 is 45.7 Å². The number of thioether (sulfide) groups is 1. The number of halogens is 1. The average Bonchev–Trinajstić information content (AvgIpc) is 3.05. The van der Waals surface area contributed by atoms with Crippen LogP contribution in [0.15, 0.2) is 58.2 Å². The second-order valence-electron chi connectivity index (χ2n) is 6.96. The summed E-state index contributed by atoms with van der Waals surface area (Å²) >= 11 is 0.793. The quantitative estimate of drug-likeness (QED) is 0.556. The Labute approximate surface area is 185 Å². The second-order valence-corrected chi connectivity index (χ2v) is 7.95. The second kappa shape index (κ2) is 9.15. The molecule has 0 radical (unpaired) electrons. The number of H-pyrrole nitrogens is 1. The number of hydrogen-bond donors (Lipinski definition) is 2. The summed E-state index contributed by atoms with van der Waals surface area (Å²) in [5, 5.41) is 9.59. The molecule has 0 atom stereocenters. The zero-order valence-corrected chi connectivity index (χ0v) is 17.4. The third kappa shape index (κ3) is 4.59. The van der Waals surface area contributed by atoms with Gasteiger partial charge in [-0.15, -0.1) is 0 Å². The summed E-state index contributed by atoms with van der Waals surface area (Å²) in [7, 11) is 0. The van der Waals surface area contributed by atoms with Crippen molar-refractivity contribution in [3.05, 3.63) is 80.9 Å². The van der Waals surface area contributed by atoms with E-state index in [0.717, 1.165) is 16.7 Å². The third-order valence-corrected chi connectivity index (χ3v) is 5.71. The van der Waals surface area contributed by atoms with E-state index in [2.05, 4.69) is 15.5 Å². The normalized spacial score (nSPS) is 15.0. The fraction of sp³-hybridized carbons (Fsp3) is 0.136. The van der Waals surface area contributed by atoms with Crippen LogP contribution in [0, 0.1) is 5.82 Å². The van der Waals surface area contributed by atoms with Crippen LogP contribution in [0.5, 0.6) is 0 Å². The molecule has 2 aromatic carbocycles. The maximum atomic E-state index is 13.0. The molecule has 4 rings (SSSR count). The van der Waals surface area contributed by atoms with Gasteiger partial charge >= 0.3 is 0 Å². The number of fused-ring (bicyclic) bond motifs is 1. The zero-order valence-electron chi connectivity index (χ0n) is 16.6. The predicted molar refractivity (Wildman–Crippen MR) is 118 cm³/mol. The molecule has 2 N–H and O–H groups in total. The van der Waals surface area contributed by atoms with Crippen LogP contribution in [-0.4, -0.2) is 45.2 Å². The number of carbonyl (C=O) groups is 3. The minimum atomic E-state index is -0.466. The van der Waals surface area contributed by atoms with Crippen molar-refractivity contribution in [2.75, 3.05) is 13.1 Å². The lowest BCUT2D eigenvalue weighted by Crippen LogP contribution is -2.37. The molecule has 1 fully saturated rings. The molecule has 1 aliphatic rings. The smallest absolute Gasteiger partial charge is 0.293 e. The van der Waals surface area contributed by atoms with Gasteiger partial charge in [0.15, 0.2) is 0 Å². The van der Waals surface area contributed by atoms with Crippen molar-refractivity contribution in [2.45, 2.75) is 6.42 Å². The van der Waals surface area contributed by atoms with E-state index in [9.17, 15) is 23.6 Å². The number of nitrogens with one attached hydrogen (secondary N) is 2. The van der Waals surface area contributed by atoms with Gasteiger partial charge < -0.3 is 5.32 Å². The fourth-order valence-electron chi connectivity index (χ4n) is 3.23. The Morgan fingerprint density at radius 1 is 1.09 bits per heavy atom. The van der Waals surface area contributed by atoms with Crippen LogP contribution in [0.3, 0.4) is 0 Å². The molecular formula is C22H17FN4O4S. The lowest BCUT2D eigenvalue weighted by molar-refractivity contribution is -0.124. The SMILES string of the molecule is O=C(Cc1n[nH]c(=O)c2ccccc12)NCCN1C(=O)S/C(=C/c2ccc(F)cc2)C1=O. The van der Waals surface area contributed by atoms with Gasteiger partial charge in [0.2, 0.25) is 5.91 Å². The summed E-state index contributed by atoms with van der Waals surface area (Å²) in [6.07, 6.45) is 1.46. The first-order valence-electron chi connectivity index (χ1n) is 9.66. The Balaban J connectivity index is 1.35. The standard InChI is InChI=1S/C22H17FN4O4S/c23-14-7-5-13(6-8-14)11-18-21(30)27(22(31)32-18)10-9-24-19(28)12-17-15-3-1-2-4-16(15)20(29)26-25-17/h1-8,11H,9-10,12H2,(H,24,28)(H,26,29)/b18-11+. The highest BCUT2D eigenvalue weighted by atomic mass is 32.2. The molecule has 1 saturated heterocycles. The lowest BCUT2D eigenvalue weighted by Gasteiger charge is -2.13. The molecule has 162 valence electrons. The topological polar surface area (TPSA) is 112 Å². The predicted octanol–water partition coefficient (Wildman–Crippen LogP) is 2.46. The summed E-state index contributed by atoms with van der Waals surface area (Å²) < 4.78 is 13.0. The van der Waals surface area contributed by atoms with E-state index in [4.69, 9.17) is 0 Å². The highest BCUT2D eigenvalue weighted by Gasteiger charge is 2.34. The molecule has 3 aromatic rings. The molecule has 2 heterocycles. The van der Waals surface area contributed by atoms with Gasteiger partial charge in [0.25, 0.3) is 16.7 Å². The molecule has 10 heteroatoms. The number of benzene rings is 2. The first-order valence-corrected chi connectivity index (χ1v) is 10.5. The van der Waals surface area contributed by atoms with Crippen LogP contribution in [0.25, 0.3) is 16.8 Å². The highest BCUT2D eigenvalue weighted by molar-refractivity contribution is 8.18. The van der Waals surface area contributed by atoms with E-state index in [0.29, 0.717) is 22.0 Å². The first kappa shape index (κ1) is 21.4. The average molecular weight is 452 g/mol. The van der Waals surface area contributed by atoms with Crippen LogP contribution in [0.1, 0.15) is 11.3 Å². The van der Waals surface area contributed by atoms with E-state index in [1.54, 1.807) is 24.3 Å². The first-order chi connectivity index (χ1) is 15.4.